The van der Waals surface area contributed by atoms with E-state index < -0.39 is 0 Å². The zero-order valence-corrected chi connectivity index (χ0v) is 18.0. The maximum atomic E-state index is 13.0. The number of rotatable bonds is 5. The molecule has 1 aromatic heterocycles. The van der Waals surface area contributed by atoms with Gasteiger partial charge in [-0.2, -0.15) is 0 Å². The number of imidazole rings is 1. The van der Waals surface area contributed by atoms with Crippen molar-refractivity contribution in [3.8, 4) is 5.75 Å². The predicted molar refractivity (Wildman–Crippen MR) is 121 cm³/mol. The number of anilines is 1. The van der Waals surface area contributed by atoms with E-state index >= 15 is 0 Å². The van der Waals surface area contributed by atoms with Crippen LogP contribution < -0.4 is 9.64 Å². The smallest absolute Gasteiger partial charge is 0.241 e. The third kappa shape index (κ3) is 4.29. The lowest BCUT2D eigenvalue weighted by molar-refractivity contribution is -0.120. The van der Waals surface area contributed by atoms with Crippen molar-refractivity contribution in [2.45, 2.75) is 19.4 Å². The number of piperazine rings is 1. The summed E-state index contributed by atoms with van der Waals surface area (Å²) in [5.41, 5.74) is 4.34. The lowest BCUT2D eigenvalue weighted by Crippen LogP contribution is -2.50. The maximum absolute atomic E-state index is 13.0. The van der Waals surface area contributed by atoms with Gasteiger partial charge in [0.1, 0.15) is 11.6 Å². The molecule has 0 saturated carbocycles. The Kier molecular flexibility index (Phi) is 5.61. The van der Waals surface area contributed by atoms with E-state index in [1.807, 2.05) is 29.2 Å². The fraction of sp³-hybridized carbons (Fsp3) is 0.417. The Morgan fingerprint density at radius 3 is 2.71 bits per heavy atom. The highest BCUT2D eigenvalue weighted by Gasteiger charge is 2.25. The molecule has 162 valence electrons. The molecular weight excluding hydrogens is 390 g/mol. The average molecular weight is 420 g/mol. The van der Waals surface area contributed by atoms with Crippen LogP contribution in [0.1, 0.15) is 17.8 Å². The van der Waals surface area contributed by atoms with Crippen LogP contribution in [0.4, 0.5) is 5.69 Å². The first-order chi connectivity index (χ1) is 15.2. The van der Waals surface area contributed by atoms with Crippen LogP contribution in [0.15, 0.2) is 42.5 Å². The Hall–Kier alpha value is -2.90. The van der Waals surface area contributed by atoms with Crippen LogP contribution in [0.5, 0.6) is 5.75 Å². The summed E-state index contributed by atoms with van der Waals surface area (Å²) in [4.78, 5) is 27.8. The van der Waals surface area contributed by atoms with Crippen LogP contribution in [0.3, 0.4) is 0 Å². The van der Waals surface area contributed by atoms with Crippen molar-refractivity contribution < 1.29 is 9.53 Å². The van der Waals surface area contributed by atoms with Gasteiger partial charge in [-0.1, -0.05) is 18.2 Å². The van der Waals surface area contributed by atoms with Gasteiger partial charge in [0.15, 0.2) is 0 Å². The molecule has 0 radical (unpaired) electrons. The summed E-state index contributed by atoms with van der Waals surface area (Å²) in [5.74, 6) is 2.02. The number of aryl methyl sites for hydroxylation is 1. The quantitative estimate of drug-likeness (QED) is 0.689. The Morgan fingerprint density at radius 2 is 1.87 bits per heavy atom. The van der Waals surface area contributed by atoms with Gasteiger partial charge in [-0.05, 0) is 36.6 Å². The summed E-state index contributed by atoms with van der Waals surface area (Å²) in [7, 11) is 1.67. The Balaban J connectivity index is 1.15. The van der Waals surface area contributed by atoms with Crippen LogP contribution in [-0.4, -0.2) is 72.1 Å². The standard InChI is InChI=1S/C24H29N5O2/c1-31-19-8-9-20-21(15-19)26-23(25-20)16-27-11-13-28(14-12-27)17-24(30)29-10-4-6-18-5-2-3-7-22(18)29/h2-3,5,7-9,15H,4,6,10-14,16-17H2,1H3,(H,25,26). The highest BCUT2D eigenvalue weighted by atomic mass is 16.5. The SMILES string of the molecule is COc1ccc2nc(CN3CCN(CC(=O)N4CCCc5ccccc54)CC3)[nH]c2c1. The van der Waals surface area contributed by atoms with Crippen molar-refractivity contribution in [2.75, 3.05) is 51.3 Å². The number of para-hydroxylation sites is 1. The largest absolute Gasteiger partial charge is 0.497 e. The number of carbonyl (C=O) groups excluding carboxylic acids is 1. The number of ether oxygens (including phenoxy) is 1. The van der Waals surface area contributed by atoms with Crippen LogP contribution in [0.25, 0.3) is 11.0 Å². The number of methoxy groups -OCH3 is 1. The number of hydrogen-bond acceptors (Lipinski definition) is 5. The number of fused-ring (bicyclic) bond motifs is 2. The lowest BCUT2D eigenvalue weighted by Gasteiger charge is -2.36. The molecule has 5 rings (SSSR count). The van der Waals surface area contributed by atoms with Gasteiger partial charge < -0.3 is 14.6 Å². The first kappa shape index (κ1) is 20.0. The third-order valence-electron chi connectivity index (χ3n) is 6.35. The molecule has 0 unspecified atom stereocenters. The van der Waals surface area contributed by atoms with Crippen molar-refractivity contribution in [2.24, 2.45) is 0 Å². The number of carbonyl (C=O) groups is 1. The zero-order valence-electron chi connectivity index (χ0n) is 18.0. The van der Waals surface area contributed by atoms with E-state index in [-0.39, 0.29) is 5.91 Å². The van der Waals surface area contributed by atoms with Gasteiger partial charge in [-0.15, -0.1) is 0 Å². The first-order valence-electron chi connectivity index (χ1n) is 11.1. The molecule has 3 heterocycles. The molecule has 2 aliphatic rings. The van der Waals surface area contributed by atoms with Crippen molar-refractivity contribution in [3.63, 3.8) is 0 Å². The average Bonchev–Trinajstić information content (AvgIpc) is 3.21. The molecule has 31 heavy (non-hydrogen) atoms. The highest BCUT2D eigenvalue weighted by molar-refractivity contribution is 5.96. The number of nitrogens with zero attached hydrogens (tertiary/aromatic N) is 4. The normalized spacial score (nSPS) is 17.6. The van der Waals surface area contributed by atoms with Crippen LogP contribution in [0.2, 0.25) is 0 Å². The monoisotopic (exact) mass is 419 g/mol. The maximum Gasteiger partial charge on any atom is 0.241 e. The minimum atomic E-state index is 0.215. The van der Waals surface area contributed by atoms with E-state index in [9.17, 15) is 4.79 Å². The van der Waals surface area contributed by atoms with Gasteiger partial charge in [0.2, 0.25) is 5.91 Å². The number of amides is 1. The molecule has 7 nitrogen and oxygen atoms in total. The molecular formula is C24H29N5O2. The van der Waals surface area contributed by atoms with Gasteiger partial charge >= 0.3 is 0 Å². The lowest BCUT2D eigenvalue weighted by atomic mass is 10.0. The van der Waals surface area contributed by atoms with Gasteiger partial charge in [-0.3, -0.25) is 14.6 Å². The van der Waals surface area contributed by atoms with Crippen LogP contribution in [0, 0.1) is 0 Å². The topological polar surface area (TPSA) is 64.7 Å². The molecule has 0 bridgehead atoms. The van der Waals surface area contributed by atoms with Crippen molar-refractivity contribution >= 4 is 22.6 Å². The highest BCUT2D eigenvalue weighted by Crippen LogP contribution is 2.27. The van der Waals surface area contributed by atoms with E-state index in [0.717, 1.165) is 80.4 Å². The summed E-state index contributed by atoms with van der Waals surface area (Å²) >= 11 is 0. The first-order valence-corrected chi connectivity index (χ1v) is 11.1. The number of hydrogen-bond donors (Lipinski definition) is 1. The Labute approximate surface area is 182 Å². The fourth-order valence-corrected chi connectivity index (χ4v) is 4.63. The zero-order chi connectivity index (χ0) is 21.2. The van der Waals surface area contributed by atoms with E-state index in [1.54, 1.807) is 7.11 Å². The van der Waals surface area contributed by atoms with Crippen molar-refractivity contribution in [1.29, 1.82) is 0 Å². The summed E-state index contributed by atoms with van der Waals surface area (Å²) < 4.78 is 5.29. The number of aromatic nitrogens is 2. The molecule has 0 spiro atoms. The van der Waals surface area contributed by atoms with E-state index in [0.29, 0.717) is 6.54 Å². The summed E-state index contributed by atoms with van der Waals surface area (Å²) in [5, 5.41) is 0. The third-order valence-corrected chi connectivity index (χ3v) is 6.35. The minimum Gasteiger partial charge on any atom is -0.497 e. The number of benzene rings is 2. The van der Waals surface area contributed by atoms with E-state index in [2.05, 4.69) is 33.0 Å². The number of aromatic amines is 1. The molecule has 1 saturated heterocycles. The second kappa shape index (κ2) is 8.69. The summed E-state index contributed by atoms with van der Waals surface area (Å²) in [6, 6.07) is 14.2. The molecule has 0 atom stereocenters. The van der Waals surface area contributed by atoms with Gasteiger partial charge in [0, 0.05) is 44.5 Å². The van der Waals surface area contributed by atoms with E-state index in [4.69, 9.17) is 9.72 Å². The Bertz CT molecular complexity index is 1070. The molecule has 3 aromatic rings. The molecule has 0 aliphatic carbocycles. The van der Waals surface area contributed by atoms with Crippen molar-refractivity contribution in [3.05, 3.63) is 53.9 Å². The molecule has 2 aliphatic heterocycles. The fourth-order valence-electron chi connectivity index (χ4n) is 4.63. The molecule has 7 heteroatoms. The second-order valence-corrected chi connectivity index (χ2v) is 8.40. The minimum absolute atomic E-state index is 0.215. The number of nitrogens with one attached hydrogen (secondary N) is 1. The predicted octanol–water partition coefficient (Wildman–Crippen LogP) is 2.67. The van der Waals surface area contributed by atoms with E-state index in [1.165, 1.54) is 5.56 Å². The van der Waals surface area contributed by atoms with Gasteiger partial charge in [0.25, 0.3) is 0 Å². The van der Waals surface area contributed by atoms with Crippen LogP contribution in [-0.2, 0) is 17.8 Å². The molecule has 1 amide bonds. The van der Waals surface area contributed by atoms with Gasteiger partial charge in [-0.25, -0.2) is 4.98 Å². The van der Waals surface area contributed by atoms with Gasteiger partial charge in [0.05, 0.1) is 31.2 Å². The Morgan fingerprint density at radius 1 is 1.06 bits per heavy atom. The molecule has 1 fully saturated rings. The van der Waals surface area contributed by atoms with Crippen LogP contribution >= 0.6 is 0 Å². The van der Waals surface area contributed by atoms with Crippen molar-refractivity contribution in [1.82, 2.24) is 19.8 Å². The summed E-state index contributed by atoms with van der Waals surface area (Å²) in [6.07, 6.45) is 2.10. The molecule has 2 aromatic carbocycles. The summed E-state index contributed by atoms with van der Waals surface area (Å²) in [6.45, 7) is 5.77. The molecule has 1 N–H and O–H groups in total. The second-order valence-electron chi connectivity index (χ2n) is 8.40. The number of H-pyrrole nitrogens is 1.